The number of hydrogen-bond donors (Lipinski definition) is 0. The molecule has 4 atom stereocenters. The number of carbonyl (C=O) groups excluding carboxylic acids is 2. The number of hydrogen-bond acceptors (Lipinski definition) is 4. The first kappa shape index (κ1) is 8.79. The summed E-state index contributed by atoms with van der Waals surface area (Å²) in [5.41, 5.74) is -5.45. The first-order valence-electron chi connectivity index (χ1n) is 4.31. The Morgan fingerprint density at radius 2 is 1.57 bits per heavy atom. The molecular formula is C8H6F2O3S. The topological polar surface area (TPSA) is 43.4 Å². The van der Waals surface area contributed by atoms with Gasteiger partial charge in [0.2, 0.25) is 21.6 Å². The Morgan fingerprint density at radius 3 is 2.00 bits per heavy atom. The average Bonchev–Trinajstić information content (AvgIpc) is 2.73. The fourth-order valence-corrected chi connectivity index (χ4v) is 3.51. The molecule has 3 heterocycles. The zero-order valence-electron chi connectivity index (χ0n) is 6.96. The number of rotatable bonds is 0. The van der Waals surface area contributed by atoms with Crippen molar-refractivity contribution in [3.8, 4) is 0 Å². The molecule has 14 heavy (non-hydrogen) atoms. The molecule has 0 aromatic heterocycles. The van der Waals surface area contributed by atoms with E-state index < -0.39 is 33.8 Å². The van der Waals surface area contributed by atoms with E-state index in [4.69, 9.17) is 4.74 Å². The molecule has 3 saturated heterocycles. The highest BCUT2D eigenvalue weighted by Crippen LogP contribution is 2.60. The van der Waals surface area contributed by atoms with E-state index in [0.29, 0.717) is 12.8 Å². The first-order chi connectivity index (χ1) is 6.51. The van der Waals surface area contributed by atoms with Gasteiger partial charge in [0, 0.05) is 0 Å². The fourth-order valence-electron chi connectivity index (χ4n) is 2.48. The second kappa shape index (κ2) is 2.19. The van der Waals surface area contributed by atoms with Crippen LogP contribution in [0.5, 0.6) is 0 Å². The zero-order valence-corrected chi connectivity index (χ0v) is 7.77. The molecule has 0 unspecified atom stereocenters. The van der Waals surface area contributed by atoms with Gasteiger partial charge in [0.05, 0.1) is 0 Å². The molecule has 3 nitrogen and oxygen atoms in total. The van der Waals surface area contributed by atoms with E-state index in [1.165, 1.54) is 0 Å². The maximum absolute atomic E-state index is 14.1. The van der Waals surface area contributed by atoms with Gasteiger partial charge >= 0.3 is 0 Å². The van der Waals surface area contributed by atoms with Crippen LogP contribution < -0.4 is 0 Å². The minimum absolute atomic E-state index is 0.150. The quantitative estimate of drug-likeness (QED) is 0.604. The fraction of sp³-hybridized carbons (Fsp3) is 0.750. The van der Waals surface area contributed by atoms with Crippen LogP contribution in [-0.2, 0) is 14.3 Å². The molecule has 6 heteroatoms. The van der Waals surface area contributed by atoms with Crippen molar-refractivity contribution in [3.63, 3.8) is 0 Å². The van der Waals surface area contributed by atoms with E-state index in [2.05, 4.69) is 0 Å². The van der Waals surface area contributed by atoms with Gasteiger partial charge in [0.15, 0.2) is 0 Å². The smallest absolute Gasteiger partial charge is 0.249 e. The maximum Gasteiger partial charge on any atom is 0.249 e. The van der Waals surface area contributed by atoms with Crippen LogP contribution in [0.1, 0.15) is 12.8 Å². The standard InChI is InChI=1S/C8H6F2O3S/c9-7-3-1-2-4(13-3)8(7,10)6(12)14-5(7)11/h3-4H,1-2H2/t3-,4+,7+,8-. The summed E-state index contributed by atoms with van der Waals surface area (Å²) in [5, 5.41) is -2.06. The van der Waals surface area contributed by atoms with Crippen LogP contribution in [-0.4, -0.2) is 33.8 Å². The Hall–Kier alpha value is -0.490. The van der Waals surface area contributed by atoms with Gasteiger partial charge in [-0.1, -0.05) is 0 Å². The van der Waals surface area contributed by atoms with Crippen LogP contribution >= 0.6 is 11.8 Å². The molecule has 0 saturated carbocycles. The Bertz CT molecular complexity index is 328. The lowest BCUT2D eigenvalue weighted by atomic mass is 9.76. The summed E-state index contributed by atoms with van der Waals surface area (Å²) in [7, 11) is 0. The summed E-state index contributed by atoms with van der Waals surface area (Å²) in [4.78, 5) is 22.5. The van der Waals surface area contributed by atoms with Crippen molar-refractivity contribution in [3.05, 3.63) is 0 Å². The van der Waals surface area contributed by atoms with Gasteiger partial charge in [-0.2, -0.15) is 0 Å². The van der Waals surface area contributed by atoms with Gasteiger partial charge < -0.3 is 4.74 Å². The van der Waals surface area contributed by atoms with Crippen molar-refractivity contribution in [1.29, 1.82) is 0 Å². The van der Waals surface area contributed by atoms with Crippen LogP contribution in [0.25, 0.3) is 0 Å². The molecule has 0 radical (unpaired) electrons. The van der Waals surface area contributed by atoms with Gasteiger partial charge in [-0.15, -0.1) is 0 Å². The third-order valence-corrected chi connectivity index (χ3v) is 4.18. The van der Waals surface area contributed by atoms with Gasteiger partial charge in [0.1, 0.15) is 12.2 Å². The SMILES string of the molecule is O=C1SC(=O)[C@]2(F)[C@@H]3CC[C@@H](O3)[C@]12F. The third-order valence-electron chi connectivity index (χ3n) is 3.22. The Kier molecular flexibility index (Phi) is 1.37. The number of fused-ring (bicyclic) bond motifs is 5. The summed E-state index contributed by atoms with van der Waals surface area (Å²) in [6.07, 6.45) is -1.51. The molecule has 0 aromatic rings. The van der Waals surface area contributed by atoms with Gasteiger partial charge in [-0.25, -0.2) is 8.78 Å². The Balaban J connectivity index is 2.21. The van der Waals surface area contributed by atoms with Crippen molar-refractivity contribution in [2.75, 3.05) is 0 Å². The minimum atomic E-state index is -2.72. The highest BCUT2D eigenvalue weighted by molar-refractivity contribution is 8.27. The molecular weight excluding hydrogens is 214 g/mol. The number of halogens is 2. The molecule has 3 aliphatic heterocycles. The summed E-state index contributed by atoms with van der Waals surface area (Å²) < 4.78 is 33.2. The lowest BCUT2D eigenvalue weighted by Crippen LogP contribution is -2.57. The highest BCUT2D eigenvalue weighted by Gasteiger charge is 2.82. The molecule has 3 fully saturated rings. The predicted molar refractivity (Wildman–Crippen MR) is 43.2 cm³/mol. The van der Waals surface area contributed by atoms with E-state index in [1.807, 2.05) is 0 Å². The van der Waals surface area contributed by atoms with Crippen LogP contribution in [0.2, 0.25) is 0 Å². The lowest BCUT2D eigenvalue weighted by molar-refractivity contribution is -0.141. The largest absolute Gasteiger partial charge is 0.367 e. The molecule has 76 valence electrons. The molecule has 0 aliphatic carbocycles. The lowest BCUT2D eigenvalue weighted by Gasteiger charge is -2.29. The average molecular weight is 220 g/mol. The van der Waals surface area contributed by atoms with Gasteiger partial charge in [-0.05, 0) is 24.6 Å². The van der Waals surface area contributed by atoms with E-state index in [0.717, 1.165) is 0 Å². The summed E-state index contributed by atoms with van der Waals surface area (Å²) in [6.45, 7) is 0. The predicted octanol–water partition coefficient (Wildman–Crippen LogP) is 0.764. The molecule has 2 bridgehead atoms. The summed E-state index contributed by atoms with van der Waals surface area (Å²) in [6, 6.07) is 0. The molecule has 0 aromatic carbocycles. The molecule has 3 rings (SSSR count). The van der Waals surface area contributed by atoms with E-state index in [-0.39, 0.29) is 11.8 Å². The van der Waals surface area contributed by atoms with Gasteiger partial charge in [-0.3, -0.25) is 9.59 Å². The monoisotopic (exact) mass is 220 g/mol. The number of ether oxygens (including phenoxy) is 1. The van der Waals surface area contributed by atoms with Crippen LogP contribution in [0.15, 0.2) is 0 Å². The Labute approximate surface area is 82.2 Å². The van der Waals surface area contributed by atoms with Crippen molar-refractivity contribution in [2.45, 2.75) is 36.4 Å². The second-order valence-corrected chi connectivity index (χ2v) is 4.74. The van der Waals surface area contributed by atoms with Crippen LogP contribution in [0, 0.1) is 0 Å². The maximum atomic E-state index is 14.1. The van der Waals surface area contributed by atoms with Crippen molar-refractivity contribution in [1.82, 2.24) is 0 Å². The van der Waals surface area contributed by atoms with Crippen LogP contribution in [0.3, 0.4) is 0 Å². The number of alkyl halides is 2. The Morgan fingerprint density at radius 1 is 1.14 bits per heavy atom. The van der Waals surface area contributed by atoms with E-state index in [9.17, 15) is 18.4 Å². The van der Waals surface area contributed by atoms with Crippen molar-refractivity contribution < 1.29 is 23.1 Å². The highest BCUT2D eigenvalue weighted by atomic mass is 32.2. The second-order valence-electron chi connectivity index (χ2n) is 3.79. The zero-order chi connectivity index (χ0) is 10.1. The van der Waals surface area contributed by atoms with Crippen molar-refractivity contribution >= 4 is 22.0 Å². The molecule has 0 spiro atoms. The van der Waals surface area contributed by atoms with Crippen LogP contribution in [0.4, 0.5) is 8.78 Å². The molecule has 0 N–H and O–H groups in total. The van der Waals surface area contributed by atoms with E-state index in [1.54, 1.807) is 0 Å². The summed E-state index contributed by atoms with van der Waals surface area (Å²) in [5.74, 6) is 0. The first-order valence-corrected chi connectivity index (χ1v) is 5.13. The normalized spacial score (nSPS) is 55.6. The van der Waals surface area contributed by atoms with E-state index >= 15 is 0 Å². The van der Waals surface area contributed by atoms with Crippen molar-refractivity contribution in [2.24, 2.45) is 0 Å². The summed E-state index contributed by atoms with van der Waals surface area (Å²) >= 11 is 0.150. The molecule has 3 aliphatic rings. The molecule has 0 amide bonds. The number of carbonyl (C=O) groups is 2. The third kappa shape index (κ3) is 0.614. The number of thioether (sulfide) groups is 1. The minimum Gasteiger partial charge on any atom is -0.367 e. The van der Waals surface area contributed by atoms with Gasteiger partial charge in [0.25, 0.3) is 0 Å².